The van der Waals surface area contributed by atoms with E-state index in [0.717, 1.165) is 23.3 Å². The topological polar surface area (TPSA) is 59.1 Å². The van der Waals surface area contributed by atoms with Gasteiger partial charge < -0.3 is 5.32 Å². The molecule has 0 amide bonds. The van der Waals surface area contributed by atoms with Crippen LogP contribution < -0.4 is 5.32 Å². The Morgan fingerprint density at radius 3 is 2.68 bits per heavy atom. The number of hydrogen-bond acceptors (Lipinski definition) is 5. The van der Waals surface area contributed by atoms with Gasteiger partial charge in [0.05, 0.1) is 11.1 Å². The lowest BCUT2D eigenvalue weighted by Crippen LogP contribution is -2.00. The first-order valence-electron chi connectivity index (χ1n) is 5.55. The number of rotatable bonds is 4. The summed E-state index contributed by atoms with van der Waals surface area (Å²) >= 11 is 1.14. The Labute approximate surface area is 123 Å². The SMILES string of the molecule is CCc1cccc(S(=O)(=O)c2cnc(NC)s2)c1.Cl. The molecule has 0 aliphatic heterocycles. The number of halogens is 1. The van der Waals surface area contributed by atoms with Crippen molar-refractivity contribution in [3.63, 3.8) is 0 Å². The summed E-state index contributed by atoms with van der Waals surface area (Å²) < 4.78 is 25.0. The van der Waals surface area contributed by atoms with Crippen molar-refractivity contribution in [2.24, 2.45) is 0 Å². The Morgan fingerprint density at radius 1 is 1.37 bits per heavy atom. The minimum Gasteiger partial charge on any atom is -0.365 e. The molecule has 104 valence electrons. The first-order valence-corrected chi connectivity index (χ1v) is 7.85. The highest BCUT2D eigenvalue weighted by molar-refractivity contribution is 7.93. The van der Waals surface area contributed by atoms with Gasteiger partial charge in [-0.25, -0.2) is 13.4 Å². The molecule has 0 saturated carbocycles. The minimum absolute atomic E-state index is 0. The van der Waals surface area contributed by atoms with Gasteiger partial charge in [-0.1, -0.05) is 30.4 Å². The zero-order chi connectivity index (χ0) is 13.2. The van der Waals surface area contributed by atoms with E-state index in [4.69, 9.17) is 0 Å². The van der Waals surface area contributed by atoms with E-state index in [2.05, 4.69) is 10.3 Å². The highest BCUT2D eigenvalue weighted by Gasteiger charge is 2.20. The number of nitrogens with one attached hydrogen (secondary N) is 1. The van der Waals surface area contributed by atoms with E-state index < -0.39 is 9.84 Å². The Bertz CT molecular complexity index is 653. The van der Waals surface area contributed by atoms with Gasteiger partial charge in [-0.15, -0.1) is 12.4 Å². The van der Waals surface area contributed by atoms with Crippen LogP contribution in [0.1, 0.15) is 12.5 Å². The zero-order valence-electron chi connectivity index (χ0n) is 10.6. The van der Waals surface area contributed by atoms with Gasteiger partial charge in [0.25, 0.3) is 0 Å². The van der Waals surface area contributed by atoms with Crippen LogP contribution in [0.4, 0.5) is 5.13 Å². The van der Waals surface area contributed by atoms with Crippen molar-refractivity contribution in [2.75, 3.05) is 12.4 Å². The third-order valence-corrected chi connectivity index (χ3v) is 5.81. The second-order valence-corrected chi connectivity index (χ2v) is 6.95. The van der Waals surface area contributed by atoms with Crippen LogP contribution >= 0.6 is 23.7 Å². The molecule has 0 bridgehead atoms. The summed E-state index contributed by atoms with van der Waals surface area (Å²) in [5.74, 6) is 0. The molecule has 1 heterocycles. The van der Waals surface area contributed by atoms with Crippen LogP contribution in [-0.2, 0) is 16.3 Å². The van der Waals surface area contributed by atoms with Crippen LogP contribution in [0.5, 0.6) is 0 Å². The molecule has 2 aromatic rings. The molecule has 7 heteroatoms. The summed E-state index contributed by atoms with van der Waals surface area (Å²) in [5.41, 5.74) is 1.01. The molecule has 4 nitrogen and oxygen atoms in total. The van der Waals surface area contributed by atoms with E-state index in [1.54, 1.807) is 25.2 Å². The van der Waals surface area contributed by atoms with Crippen LogP contribution in [0.2, 0.25) is 0 Å². The van der Waals surface area contributed by atoms with Crippen molar-refractivity contribution in [3.8, 4) is 0 Å². The second-order valence-electron chi connectivity index (χ2n) is 3.74. The lowest BCUT2D eigenvalue weighted by atomic mass is 10.2. The van der Waals surface area contributed by atoms with Gasteiger partial charge in [-0.3, -0.25) is 0 Å². The molecule has 0 radical (unpaired) electrons. The number of nitrogens with zero attached hydrogens (tertiary/aromatic N) is 1. The molecule has 2 rings (SSSR count). The van der Waals surface area contributed by atoms with E-state index in [9.17, 15) is 8.42 Å². The maximum Gasteiger partial charge on any atom is 0.217 e. The highest BCUT2D eigenvalue weighted by atomic mass is 35.5. The Morgan fingerprint density at radius 2 is 2.11 bits per heavy atom. The Balaban J connectivity index is 0.00000180. The molecule has 1 aromatic heterocycles. The van der Waals surface area contributed by atoms with Gasteiger partial charge in [-0.05, 0) is 24.1 Å². The summed E-state index contributed by atoms with van der Waals surface area (Å²) in [4.78, 5) is 4.32. The van der Waals surface area contributed by atoms with Crippen LogP contribution in [0.15, 0.2) is 39.6 Å². The fourth-order valence-electron chi connectivity index (χ4n) is 1.55. The van der Waals surface area contributed by atoms with E-state index in [0.29, 0.717) is 10.0 Å². The highest BCUT2D eigenvalue weighted by Crippen LogP contribution is 2.28. The van der Waals surface area contributed by atoms with Gasteiger partial charge in [0.1, 0.15) is 4.21 Å². The molecule has 0 atom stereocenters. The van der Waals surface area contributed by atoms with Crippen LogP contribution in [0.3, 0.4) is 0 Å². The first-order chi connectivity index (χ1) is 8.57. The first kappa shape index (κ1) is 15.9. The van der Waals surface area contributed by atoms with Crippen molar-refractivity contribution in [2.45, 2.75) is 22.4 Å². The van der Waals surface area contributed by atoms with Gasteiger partial charge in [0, 0.05) is 7.05 Å². The van der Waals surface area contributed by atoms with Gasteiger partial charge in [0.15, 0.2) is 5.13 Å². The smallest absolute Gasteiger partial charge is 0.217 e. The van der Waals surface area contributed by atoms with Crippen molar-refractivity contribution in [3.05, 3.63) is 36.0 Å². The van der Waals surface area contributed by atoms with E-state index in [1.165, 1.54) is 6.20 Å². The largest absolute Gasteiger partial charge is 0.365 e. The monoisotopic (exact) mass is 318 g/mol. The van der Waals surface area contributed by atoms with E-state index in [-0.39, 0.29) is 16.6 Å². The number of aromatic nitrogens is 1. The van der Waals surface area contributed by atoms with Crippen molar-refractivity contribution >= 4 is 38.7 Å². The molecule has 0 aliphatic carbocycles. The number of benzene rings is 1. The molecule has 0 fully saturated rings. The summed E-state index contributed by atoms with van der Waals surface area (Å²) in [6.07, 6.45) is 2.21. The number of aryl methyl sites for hydroxylation is 1. The number of hydrogen-bond donors (Lipinski definition) is 1. The fraction of sp³-hybridized carbons (Fsp3) is 0.250. The summed E-state index contributed by atoms with van der Waals surface area (Å²) in [6.45, 7) is 2.00. The molecular formula is C12H15ClN2O2S2. The maximum atomic E-state index is 12.4. The second kappa shape index (κ2) is 6.36. The molecule has 0 spiro atoms. The quantitative estimate of drug-likeness (QED) is 0.941. The molecule has 1 N–H and O–H groups in total. The molecule has 1 aromatic carbocycles. The minimum atomic E-state index is -3.44. The molecule has 0 aliphatic rings. The standard InChI is InChI=1S/C12H14N2O2S2.ClH/c1-3-9-5-4-6-10(7-9)18(15,16)11-8-14-12(13-2)17-11;/h4-8H,3H2,1-2H3,(H,13,14);1H. The maximum absolute atomic E-state index is 12.4. The molecule has 0 unspecified atom stereocenters. The third-order valence-electron chi connectivity index (χ3n) is 2.58. The van der Waals surface area contributed by atoms with Crippen LogP contribution in [-0.4, -0.2) is 20.4 Å². The number of sulfone groups is 1. The van der Waals surface area contributed by atoms with Crippen LogP contribution in [0.25, 0.3) is 0 Å². The fourth-order valence-corrected chi connectivity index (χ4v) is 4.00. The van der Waals surface area contributed by atoms with E-state index in [1.807, 2.05) is 13.0 Å². The predicted molar refractivity (Wildman–Crippen MR) is 80.2 cm³/mol. The zero-order valence-corrected chi connectivity index (χ0v) is 13.0. The summed E-state index contributed by atoms with van der Waals surface area (Å²) in [6, 6.07) is 7.03. The van der Waals surface area contributed by atoms with Gasteiger partial charge in [-0.2, -0.15) is 0 Å². The normalized spacial score (nSPS) is 10.8. The lowest BCUT2D eigenvalue weighted by molar-refractivity contribution is 0.598. The number of thiazole rings is 1. The molecular weight excluding hydrogens is 304 g/mol. The average molecular weight is 319 g/mol. The Hall–Kier alpha value is -1.11. The molecule has 19 heavy (non-hydrogen) atoms. The van der Waals surface area contributed by atoms with Gasteiger partial charge in [0.2, 0.25) is 9.84 Å². The number of anilines is 1. The molecule has 0 saturated heterocycles. The van der Waals surface area contributed by atoms with Crippen LogP contribution in [0, 0.1) is 0 Å². The van der Waals surface area contributed by atoms with Crippen molar-refractivity contribution < 1.29 is 8.42 Å². The Kier molecular flexibility index (Phi) is 5.34. The summed E-state index contributed by atoms with van der Waals surface area (Å²) in [5, 5.41) is 3.43. The van der Waals surface area contributed by atoms with Crippen molar-refractivity contribution in [1.29, 1.82) is 0 Å². The van der Waals surface area contributed by atoms with E-state index >= 15 is 0 Å². The predicted octanol–water partition coefficient (Wildman–Crippen LogP) is 3.00. The third kappa shape index (κ3) is 3.26. The van der Waals surface area contributed by atoms with Crippen molar-refractivity contribution in [1.82, 2.24) is 4.98 Å². The summed E-state index contributed by atoms with van der Waals surface area (Å²) in [7, 11) is -1.73. The average Bonchev–Trinajstić information content (AvgIpc) is 2.88. The van der Waals surface area contributed by atoms with Gasteiger partial charge >= 0.3 is 0 Å². The lowest BCUT2D eigenvalue weighted by Gasteiger charge is -2.03.